The minimum atomic E-state index is -4.74. The van der Waals surface area contributed by atoms with Crippen molar-refractivity contribution >= 4 is 13.1 Å². The number of nitrogens with one attached hydrogen (secondary N) is 1. The first-order valence-electron chi connectivity index (χ1n) is 7.07. The molecule has 6 nitrogen and oxygen atoms in total. The fourth-order valence-corrected chi connectivity index (χ4v) is 2.54. The summed E-state index contributed by atoms with van der Waals surface area (Å²) in [6.45, 7) is 6.96. The highest BCUT2D eigenvalue weighted by Crippen LogP contribution is 2.43. The van der Waals surface area contributed by atoms with E-state index < -0.39 is 47.7 Å². The van der Waals surface area contributed by atoms with Gasteiger partial charge in [-0.25, -0.2) is 10.2 Å². The van der Waals surface area contributed by atoms with Crippen LogP contribution in [0.15, 0.2) is 11.3 Å². The molecule has 0 saturated carbocycles. The molecule has 0 bridgehead atoms. The van der Waals surface area contributed by atoms with Gasteiger partial charge in [-0.15, -0.1) is 0 Å². The average Bonchev–Trinajstić information content (AvgIpc) is 2.83. The van der Waals surface area contributed by atoms with E-state index in [4.69, 9.17) is 9.31 Å². The lowest BCUT2D eigenvalue weighted by Crippen LogP contribution is -2.49. The Morgan fingerprint density at radius 2 is 1.74 bits per heavy atom. The summed E-state index contributed by atoms with van der Waals surface area (Å²) >= 11 is 0. The molecule has 130 valence electrons. The molecule has 0 amide bonds. The number of halogens is 3. The van der Waals surface area contributed by atoms with Crippen molar-refractivity contribution in [2.24, 2.45) is 0 Å². The molecular weight excluding hydrogens is 316 g/mol. The van der Waals surface area contributed by atoms with E-state index in [9.17, 15) is 18.0 Å². The van der Waals surface area contributed by atoms with Gasteiger partial charge in [0.05, 0.1) is 29.8 Å². The van der Waals surface area contributed by atoms with Crippen molar-refractivity contribution in [2.75, 3.05) is 14.2 Å². The molecule has 2 aliphatic heterocycles. The smallest absolute Gasteiger partial charge is 0.464 e. The van der Waals surface area contributed by atoms with Gasteiger partial charge in [0, 0.05) is 7.05 Å². The summed E-state index contributed by atoms with van der Waals surface area (Å²) in [4.78, 5) is 11.8. The van der Waals surface area contributed by atoms with Gasteiger partial charge in [0.25, 0.3) is 0 Å². The van der Waals surface area contributed by atoms with Gasteiger partial charge in [0.15, 0.2) is 0 Å². The topological polar surface area (TPSA) is 60.0 Å². The van der Waals surface area contributed by atoms with Gasteiger partial charge < -0.3 is 19.1 Å². The predicted octanol–water partition coefficient (Wildman–Crippen LogP) is 1.43. The lowest BCUT2D eigenvalue weighted by Gasteiger charge is -2.32. The second kappa shape index (κ2) is 5.39. The van der Waals surface area contributed by atoms with Gasteiger partial charge in [-0.05, 0) is 27.7 Å². The van der Waals surface area contributed by atoms with Crippen molar-refractivity contribution in [2.45, 2.75) is 51.0 Å². The third kappa shape index (κ3) is 2.95. The number of ether oxygens (including phenoxy) is 1. The molecule has 0 aromatic carbocycles. The third-order valence-electron chi connectivity index (χ3n) is 4.46. The lowest BCUT2D eigenvalue weighted by molar-refractivity contribution is -0.139. The first-order valence-corrected chi connectivity index (χ1v) is 7.07. The van der Waals surface area contributed by atoms with E-state index in [1.54, 1.807) is 27.7 Å². The van der Waals surface area contributed by atoms with Crippen LogP contribution < -0.4 is 5.43 Å². The number of likely N-dealkylation sites (N-methyl/N-ethyl adjacent to an activating group) is 1. The molecule has 2 rings (SSSR count). The van der Waals surface area contributed by atoms with Crippen LogP contribution in [0.1, 0.15) is 27.7 Å². The van der Waals surface area contributed by atoms with Crippen LogP contribution in [0.3, 0.4) is 0 Å². The predicted molar refractivity (Wildman–Crippen MR) is 75.9 cm³/mol. The van der Waals surface area contributed by atoms with Gasteiger partial charge in [-0.1, -0.05) is 0 Å². The Balaban J connectivity index is 2.44. The Morgan fingerprint density at radius 1 is 1.26 bits per heavy atom. The Hall–Kier alpha value is -1.26. The zero-order valence-electron chi connectivity index (χ0n) is 13.9. The zero-order valence-corrected chi connectivity index (χ0v) is 13.9. The lowest BCUT2D eigenvalue weighted by atomic mass is 9.74. The van der Waals surface area contributed by atoms with Crippen molar-refractivity contribution in [3.63, 3.8) is 0 Å². The maximum Gasteiger partial charge on any atom is 0.482 e. The van der Waals surface area contributed by atoms with Crippen LogP contribution >= 0.6 is 0 Å². The van der Waals surface area contributed by atoms with E-state index in [0.717, 1.165) is 12.1 Å². The average molecular weight is 336 g/mol. The molecule has 10 heteroatoms. The second-order valence-electron chi connectivity index (χ2n) is 6.54. The summed E-state index contributed by atoms with van der Waals surface area (Å²) in [5, 5.41) is 0.990. The van der Waals surface area contributed by atoms with Crippen molar-refractivity contribution in [3.8, 4) is 0 Å². The highest BCUT2D eigenvalue weighted by Gasteiger charge is 2.60. The number of rotatable bonds is 2. The van der Waals surface area contributed by atoms with E-state index in [2.05, 4.69) is 10.2 Å². The van der Waals surface area contributed by atoms with E-state index in [0.29, 0.717) is 0 Å². The van der Waals surface area contributed by atoms with Crippen LogP contribution in [0.25, 0.3) is 0 Å². The van der Waals surface area contributed by atoms with E-state index in [1.807, 2.05) is 0 Å². The largest absolute Gasteiger partial charge is 0.482 e. The minimum absolute atomic E-state index is 0.597. The summed E-state index contributed by atoms with van der Waals surface area (Å²) in [5.74, 6) is -2.44. The molecule has 0 aromatic heterocycles. The van der Waals surface area contributed by atoms with Crippen LogP contribution in [0.4, 0.5) is 13.2 Å². The molecule has 0 spiro atoms. The Morgan fingerprint density at radius 3 is 2.13 bits per heavy atom. The molecule has 0 radical (unpaired) electrons. The van der Waals surface area contributed by atoms with E-state index in [-0.39, 0.29) is 0 Å². The molecule has 0 aromatic rings. The van der Waals surface area contributed by atoms with E-state index >= 15 is 0 Å². The van der Waals surface area contributed by atoms with Crippen molar-refractivity contribution < 1.29 is 32.0 Å². The number of esters is 1. The molecule has 2 aliphatic rings. The van der Waals surface area contributed by atoms with Crippen LogP contribution in [-0.2, 0) is 18.8 Å². The SMILES string of the molecule is COC(=O)C1=C(C(F)(F)F)C(B2OC(C)(C)C(C)(C)O2)NN1C. The number of carbonyl (C=O) groups is 1. The molecule has 2 heterocycles. The molecule has 1 unspecified atom stereocenters. The van der Waals surface area contributed by atoms with Crippen molar-refractivity contribution in [3.05, 3.63) is 11.3 Å². The number of hydrogen-bond donors (Lipinski definition) is 1. The van der Waals surface area contributed by atoms with Gasteiger partial charge >= 0.3 is 19.3 Å². The number of nitrogens with zero attached hydrogens (tertiary/aromatic N) is 1. The molecule has 1 saturated heterocycles. The normalized spacial score (nSPS) is 26.9. The number of hydrazine groups is 1. The van der Waals surface area contributed by atoms with Crippen LogP contribution in [-0.4, -0.2) is 55.6 Å². The van der Waals surface area contributed by atoms with Crippen LogP contribution in [0, 0.1) is 0 Å². The number of hydrogen-bond acceptors (Lipinski definition) is 6. The standard InChI is InChI=1S/C13H20BF3N2O4/c1-11(2)12(3,4)23-14(22-11)9-7(13(15,16)17)8(10(20)21-6)19(5)18-9/h9,18H,1-6H3. The summed E-state index contributed by atoms with van der Waals surface area (Å²) < 4.78 is 56.4. The first kappa shape index (κ1) is 18.1. The maximum atomic E-state index is 13.5. The summed E-state index contributed by atoms with van der Waals surface area (Å²) in [7, 11) is 1.14. The van der Waals surface area contributed by atoms with Gasteiger partial charge in [-0.3, -0.25) is 0 Å². The molecule has 1 fully saturated rings. The summed E-state index contributed by atoms with van der Waals surface area (Å²) in [6, 6.07) is 0. The zero-order chi connectivity index (χ0) is 17.8. The molecular formula is C13H20BF3N2O4. The van der Waals surface area contributed by atoms with Crippen molar-refractivity contribution in [1.82, 2.24) is 10.4 Å². The van der Waals surface area contributed by atoms with E-state index in [1.165, 1.54) is 7.05 Å². The van der Waals surface area contributed by atoms with Gasteiger partial charge in [-0.2, -0.15) is 13.2 Å². The van der Waals surface area contributed by atoms with Crippen LogP contribution in [0.5, 0.6) is 0 Å². The fourth-order valence-electron chi connectivity index (χ4n) is 2.54. The number of methoxy groups -OCH3 is 1. The molecule has 1 atom stereocenters. The quantitative estimate of drug-likeness (QED) is 0.608. The highest BCUT2D eigenvalue weighted by molar-refractivity contribution is 6.49. The van der Waals surface area contributed by atoms with Gasteiger partial charge in [0.1, 0.15) is 5.70 Å². The van der Waals surface area contributed by atoms with Crippen molar-refractivity contribution in [1.29, 1.82) is 0 Å². The molecule has 1 N–H and O–H groups in total. The fraction of sp³-hybridized carbons (Fsp3) is 0.769. The van der Waals surface area contributed by atoms with Crippen LogP contribution in [0.2, 0.25) is 0 Å². The second-order valence-corrected chi connectivity index (χ2v) is 6.54. The minimum Gasteiger partial charge on any atom is -0.464 e. The summed E-state index contributed by atoms with van der Waals surface area (Å²) in [6.07, 6.45) is -4.74. The first-order chi connectivity index (χ1) is 10.3. The Bertz CT molecular complexity index is 532. The third-order valence-corrected chi connectivity index (χ3v) is 4.46. The highest BCUT2D eigenvalue weighted by atomic mass is 19.4. The Labute approximate surface area is 133 Å². The number of alkyl halides is 3. The Kier molecular flexibility index (Phi) is 4.24. The molecule has 0 aliphatic carbocycles. The van der Waals surface area contributed by atoms with Gasteiger partial charge in [0.2, 0.25) is 0 Å². The number of carbonyl (C=O) groups excluding carboxylic acids is 1. The maximum absolute atomic E-state index is 13.5. The summed E-state index contributed by atoms with van der Waals surface area (Å²) in [5.41, 5.74) is -0.658. The monoisotopic (exact) mass is 336 g/mol. The molecule has 23 heavy (non-hydrogen) atoms.